The third kappa shape index (κ3) is 1.64. The van der Waals surface area contributed by atoms with E-state index in [-0.39, 0.29) is 0 Å². The van der Waals surface area contributed by atoms with Gasteiger partial charge in [-0.2, -0.15) is 4.52 Å². The first-order valence-electron chi connectivity index (χ1n) is 5.05. The lowest BCUT2D eigenvalue weighted by Gasteiger charge is -2.27. The molecule has 0 unspecified atom stereocenters. The number of nitrogens with zero attached hydrogens (tertiary/aromatic N) is 3. The van der Waals surface area contributed by atoms with Gasteiger partial charge in [-0.3, -0.25) is 0 Å². The molecular formula is C10H10N3P3. The van der Waals surface area contributed by atoms with E-state index < -0.39 is 7.21 Å². The Balaban J connectivity index is 2.11. The van der Waals surface area contributed by atoms with Gasteiger partial charge in [-0.25, -0.2) is 9.03 Å². The highest BCUT2D eigenvalue weighted by molar-refractivity contribution is 7.74. The molecule has 0 saturated heterocycles. The van der Waals surface area contributed by atoms with Crippen LogP contribution in [0.4, 0.5) is 0 Å². The lowest BCUT2D eigenvalue weighted by Crippen LogP contribution is -2.08. The summed E-state index contributed by atoms with van der Waals surface area (Å²) >= 11 is 0. The summed E-state index contributed by atoms with van der Waals surface area (Å²) in [4.78, 5) is 0. The van der Waals surface area contributed by atoms with Crippen LogP contribution in [0, 0.1) is 0 Å². The van der Waals surface area contributed by atoms with Gasteiger partial charge in [-0.15, -0.1) is 0 Å². The van der Waals surface area contributed by atoms with Crippen LogP contribution < -0.4 is 0 Å². The highest BCUT2D eigenvalue weighted by Gasteiger charge is 2.35. The average molecular weight is 265 g/mol. The van der Waals surface area contributed by atoms with Crippen molar-refractivity contribution in [2.45, 2.75) is 11.3 Å². The van der Waals surface area contributed by atoms with Crippen molar-refractivity contribution >= 4 is 24.3 Å². The van der Waals surface area contributed by atoms with Crippen molar-refractivity contribution < 1.29 is 0 Å². The van der Waals surface area contributed by atoms with Gasteiger partial charge < -0.3 is 0 Å². The smallest absolute Gasteiger partial charge is 0.160 e. The molecule has 16 heavy (non-hydrogen) atoms. The molecule has 1 aliphatic heterocycles. The normalized spacial score (nSPS) is 27.8. The van der Waals surface area contributed by atoms with Gasteiger partial charge in [0.2, 0.25) is 0 Å². The minimum atomic E-state index is -1.70. The van der Waals surface area contributed by atoms with E-state index in [1.165, 1.54) is 0 Å². The van der Waals surface area contributed by atoms with Crippen LogP contribution in [0.15, 0.2) is 62.2 Å². The molecule has 0 radical (unpaired) electrons. The largest absolute Gasteiger partial charge is 0.202 e. The quantitative estimate of drug-likeness (QED) is 0.616. The highest BCUT2D eigenvalue weighted by Crippen LogP contribution is 2.67. The molecule has 0 aromatic carbocycles. The van der Waals surface area contributed by atoms with Crippen molar-refractivity contribution in [3.05, 3.63) is 48.6 Å². The van der Waals surface area contributed by atoms with E-state index in [9.17, 15) is 0 Å². The summed E-state index contributed by atoms with van der Waals surface area (Å²) in [6, 6.07) is 0. The molecule has 3 aliphatic rings. The third-order valence-electron chi connectivity index (χ3n) is 2.78. The summed E-state index contributed by atoms with van der Waals surface area (Å²) in [7, 11) is -0.00388. The standard InChI is InChI=1S/C10H10N3P3/c1-2-6-9(5-1)16(10-7-3-4-8-10)12-14-11-15-13-16/h1-10H. The van der Waals surface area contributed by atoms with Crippen LogP contribution >= 0.6 is 24.3 Å². The minimum Gasteiger partial charge on any atom is -0.202 e. The molecule has 2 aliphatic carbocycles. The van der Waals surface area contributed by atoms with E-state index in [1.807, 2.05) is 0 Å². The van der Waals surface area contributed by atoms with Gasteiger partial charge in [0.1, 0.15) is 7.21 Å². The molecule has 0 aromatic rings. The fourth-order valence-electron chi connectivity index (χ4n) is 1.98. The van der Waals surface area contributed by atoms with Crippen LogP contribution in [0.3, 0.4) is 0 Å². The summed E-state index contributed by atoms with van der Waals surface area (Å²) in [5.74, 6) is 0. The van der Waals surface area contributed by atoms with Gasteiger partial charge in [0, 0.05) is 0 Å². The monoisotopic (exact) mass is 265 g/mol. The maximum Gasteiger partial charge on any atom is 0.160 e. The minimum absolute atomic E-state index is 0.375. The lowest BCUT2D eigenvalue weighted by molar-refractivity contribution is 1.28. The van der Waals surface area contributed by atoms with Crippen molar-refractivity contribution in [3.63, 3.8) is 0 Å². The summed E-state index contributed by atoms with van der Waals surface area (Å²) < 4.78 is 13.7. The Hall–Kier alpha value is -0.610. The first-order chi connectivity index (χ1) is 7.92. The Kier molecular flexibility index (Phi) is 2.86. The molecule has 1 heterocycles. The van der Waals surface area contributed by atoms with Gasteiger partial charge in [-0.1, -0.05) is 48.6 Å². The first kappa shape index (κ1) is 10.5. The molecule has 0 fully saturated rings. The second-order valence-electron chi connectivity index (χ2n) is 3.67. The zero-order chi connectivity index (χ0) is 10.8. The molecule has 0 spiro atoms. The molecule has 3 nitrogen and oxygen atoms in total. The van der Waals surface area contributed by atoms with Crippen LogP contribution in [0.1, 0.15) is 0 Å². The molecule has 0 amide bonds. The maximum absolute atomic E-state index is 4.76. The predicted molar refractivity (Wildman–Crippen MR) is 72.2 cm³/mol. The topological polar surface area (TPSA) is 37.1 Å². The molecule has 80 valence electrons. The highest BCUT2D eigenvalue weighted by atomic mass is 31.2. The van der Waals surface area contributed by atoms with Crippen LogP contribution in [-0.2, 0) is 0 Å². The Morgan fingerprint density at radius 1 is 0.812 bits per heavy atom. The first-order valence-corrected chi connectivity index (χ1v) is 8.48. The zero-order valence-corrected chi connectivity index (χ0v) is 11.1. The Labute approximate surface area is 98.0 Å². The molecule has 0 N–H and O–H groups in total. The molecule has 3 rings (SSSR count). The Morgan fingerprint density at radius 3 is 1.81 bits per heavy atom. The van der Waals surface area contributed by atoms with E-state index in [0.717, 1.165) is 17.0 Å². The van der Waals surface area contributed by atoms with Crippen molar-refractivity contribution in [1.82, 2.24) is 0 Å². The van der Waals surface area contributed by atoms with Crippen LogP contribution in [0.25, 0.3) is 0 Å². The van der Waals surface area contributed by atoms with E-state index in [4.69, 9.17) is 9.03 Å². The average Bonchev–Trinajstić information content (AvgIpc) is 3.04. The molecular weight excluding hydrogens is 255 g/mol. The molecule has 0 atom stereocenters. The van der Waals surface area contributed by atoms with Gasteiger partial charge in [-0.05, 0) is 0 Å². The second kappa shape index (κ2) is 4.34. The van der Waals surface area contributed by atoms with E-state index in [1.54, 1.807) is 0 Å². The van der Waals surface area contributed by atoms with E-state index in [0.29, 0.717) is 11.3 Å². The number of hydrogen-bond donors (Lipinski definition) is 0. The van der Waals surface area contributed by atoms with Crippen molar-refractivity contribution in [3.8, 4) is 0 Å². The SMILES string of the molecule is C1=CC(P2(C3C=CC=C3)=NP=NP=N2)C=C1. The zero-order valence-electron chi connectivity index (χ0n) is 8.46. The van der Waals surface area contributed by atoms with Gasteiger partial charge in [0.15, 0.2) is 17.0 Å². The van der Waals surface area contributed by atoms with Crippen molar-refractivity contribution in [1.29, 1.82) is 0 Å². The molecule has 0 saturated carbocycles. The summed E-state index contributed by atoms with van der Waals surface area (Å²) in [5, 5.41) is 0. The summed E-state index contributed by atoms with van der Waals surface area (Å²) in [6.45, 7) is 0. The van der Waals surface area contributed by atoms with E-state index >= 15 is 0 Å². The lowest BCUT2D eigenvalue weighted by atomic mass is 10.4. The number of rotatable bonds is 2. The Morgan fingerprint density at radius 2 is 1.38 bits per heavy atom. The predicted octanol–water partition coefficient (Wildman–Crippen LogP) is 5.20. The van der Waals surface area contributed by atoms with Gasteiger partial charge in [0.05, 0.1) is 11.3 Å². The second-order valence-corrected chi connectivity index (χ2v) is 8.77. The maximum atomic E-state index is 4.76. The van der Waals surface area contributed by atoms with Gasteiger partial charge >= 0.3 is 0 Å². The third-order valence-corrected chi connectivity index (χ3v) is 8.80. The molecule has 6 heteroatoms. The van der Waals surface area contributed by atoms with Crippen molar-refractivity contribution in [2.24, 2.45) is 13.5 Å². The van der Waals surface area contributed by atoms with E-state index in [2.05, 4.69) is 53.1 Å². The number of hydrogen-bond acceptors (Lipinski definition) is 3. The Bertz CT molecular complexity index is 469. The molecule has 0 bridgehead atoms. The van der Waals surface area contributed by atoms with Crippen LogP contribution in [0.2, 0.25) is 0 Å². The van der Waals surface area contributed by atoms with Gasteiger partial charge in [0.25, 0.3) is 0 Å². The summed E-state index contributed by atoms with van der Waals surface area (Å²) in [5.41, 5.74) is 0.751. The fraction of sp³-hybridized carbons (Fsp3) is 0.200. The fourth-order valence-corrected chi connectivity index (χ4v) is 8.26. The number of allylic oxidation sites excluding steroid dienone is 8. The van der Waals surface area contributed by atoms with Crippen LogP contribution in [-0.4, -0.2) is 11.3 Å². The summed E-state index contributed by atoms with van der Waals surface area (Å²) in [6.07, 6.45) is 17.3. The van der Waals surface area contributed by atoms with Crippen LogP contribution in [0.5, 0.6) is 0 Å². The molecule has 0 aromatic heterocycles. The van der Waals surface area contributed by atoms with Crippen molar-refractivity contribution in [2.75, 3.05) is 0 Å².